The molecule has 3 rings (SSSR count). The Labute approximate surface area is 182 Å². The van der Waals surface area contributed by atoms with Crippen molar-refractivity contribution in [1.82, 2.24) is 20.2 Å². The highest BCUT2D eigenvalue weighted by atomic mass is 35.5. The van der Waals surface area contributed by atoms with Crippen LogP contribution in [-0.2, 0) is 0 Å². The van der Waals surface area contributed by atoms with E-state index in [1.807, 2.05) is 6.92 Å². The number of nitrogens with one attached hydrogen (secondary N) is 2. The van der Waals surface area contributed by atoms with Crippen molar-refractivity contribution in [3.63, 3.8) is 0 Å². The average Bonchev–Trinajstić information content (AvgIpc) is 3.07. The summed E-state index contributed by atoms with van der Waals surface area (Å²) >= 11 is 7.57. The molecule has 1 amide bonds. The predicted octanol–water partition coefficient (Wildman–Crippen LogP) is 4.59. The molecule has 0 atom stereocenters. The van der Waals surface area contributed by atoms with Crippen LogP contribution in [-0.4, -0.2) is 53.0 Å². The third-order valence-electron chi connectivity index (χ3n) is 4.94. The molecule has 0 saturated carbocycles. The summed E-state index contributed by atoms with van der Waals surface area (Å²) in [6, 6.07) is 2.05. The zero-order valence-electron chi connectivity index (χ0n) is 17.4. The van der Waals surface area contributed by atoms with Crippen molar-refractivity contribution in [2.45, 2.75) is 52.5 Å². The Morgan fingerprint density at radius 2 is 2.07 bits per heavy atom. The van der Waals surface area contributed by atoms with Crippen molar-refractivity contribution < 1.29 is 4.79 Å². The maximum Gasteiger partial charge on any atom is 0.271 e. The van der Waals surface area contributed by atoms with E-state index in [0.717, 1.165) is 34.1 Å². The summed E-state index contributed by atoms with van der Waals surface area (Å²) in [5.41, 5.74) is 2.23. The number of hydrogen-bond acceptors (Lipinski definition) is 6. The molecule has 158 valence electrons. The summed E-state index contributed by atoms with van der Waals surface area (Å²) in [6.45, 7) is 10.1. The number of aryl methyl sites for hydroxylation is 1. The lowest BCUT2D eigenvalue weighted by Gasteiger charge is -2.26. The molecular weight excluding hydrogens is 406 g/mol. The molecule has 6 nitrogen and oxygen atoms in total. The molecule has 2 aromatic rings. The van der Waals surface area contributed by atoms with Gasteiger partial charge < -0.3 is 15.5 Å². The van der Waals surface area contributed by atoms with Crippen LogP contribution in [0.1, 0.15) is 54.9 Å². The van der Waals surface area contributed by atoms with E-state index in [1.54, 1.807) is 12.3 Å². The number of rotatable bonds is 8. The molecule has 0 spiro atoms. The number of amides is 1. The summed E-state index contributed by atoms with van der Waals surface area (Å²) in [6.07, 6.45) is 6.61. The van der Waals surface area contributed by atoms with E-state index in [4.69, 9.17) is 11.6 Å². The van der Waals surface area contributed by atoms with Crippen molar-refractivity contribution in [2.75, 3.05) is 31.5 Å². The van der Waals surface area contributed by atoms with Gasteiger partial charge in [0, 0.05) is 29.3 Å². The lowest BCUT2D eigenvalue weighted by atomic mass is 10.1. The number of nitrogens with zero attached hydrogens (tertiary/aromatic N) is 3. The number of halogens is 1. The highest BCUT2D eigenvalue weighted by Crippen LogP contribution is 2.34. The van der Waals surface area contributed by atoms with Crippen molar-refractivity contribution >= 4 is 34.5 Å². The van der Waals surface area contributed by atoms with E-state index in [9.17, 15) is 4.79 Å². The number of carbonyl (C=O) groups is 1. The minimum Gasteiger partial charge on any atom is -0.382 e. The number of thiazole rings is 1. The second-order valence-electron chi connectivity index (χ2n) is 7.79. The first-order valence-electron chi connectivity index (χ1n) is 10.3. The molecule has 0 radical (unpaired) electrons. The minimum atomic E-state index is -0.107. The Kier molecular flexibility index (Phi) is 7.86. The van der Waals surface area contributed by atoms with E-state index in [1.165, 1.54) is 43.7 Å². The fraction of sp³-hybridized carbons (Fsp3) is 0.571. The van der Waals surface area contributed by atoms with Gasteiger partial charge in [0.15, 0.2) is 0 Å². The Morgan fingerprint density at radius 3 is 2.79 bits per heavy atom. The van der Waals surface area contributed by atoms with Gasteiger partial charge in [-0.2, -0.15) is 0 Å². The predicted molar refractivity (Wildman–Crippen MR) is 121 cm³/mol. The molecule has 0 unspecified atom stereocenters. The van der Waals surface area contributed by atoms with E-state index < -0.39 is 0 Å². The fourth-order valence-electron chi connectivity index (χ4n) is 3.52. The molecule has 2 aromatic heterocycles. The molecule has 8 heteroatoms. The average molecular weight is 436 g/mol. The molecule has 1 fully saturated rings. The topological polar surface area (TPSA) is 70.1 Å². The highest BCUT2D eigenvalue weighted by molar-refractivity contribution is 7.15. The molecule has 3 heterocycles. The number of aromatic nitrogens is 2. The SMILES string of the molecule is Cc1sc(-c2cnc(Cl)cc2NC(C)C)nc1C(=O)NCCCN1CCCCC1. The van der Waals surface area contributed by atoms with Gasteiger partial charge in [-0.1, -0.05) is 18.0 Å². The van der Waals surface area contributed by atoms with Crippen LogP contribution in [0.2, 0.25) is 5.15 Å². The van der Waals surface area contributed by atoms with Crippen molar-refractivity contribution in [2.24, 2.45) is 0 Å². The first-order valence-corrected chi connectivity index (χ1v) is 11.5. The summed E-state index contributed by atoms with van der Waals surface area (Å²) in [7, 11) is 0. The molecule has 1 aliphatic rings. The lowest BCUT2D eigenvalue weighted by Crippen LogP contribution is -2.33. The molecular formula is C21H30ClN5OS. The third kappa shape index (κ3) is 6.14. The van der Waals surface area contributed by atoms with Crippen LogP contribution >= 0.6 is 22.9 Å². The van der Waals surface area contributed by atoms with Crippen LogP contribution in [0.15, 0.2) is 12.3 Å². The van der Waals surface area contributed by atoms with Gasteiger partial charge in [0.25, 0.3) is 5.91 Å². The number of hydrogen-bond donors (Lipinski definition) is 2. The lowest BCUT2D eigenvalue weighted by molar-refractivity contribution is 0.0946. The molecule has 0 aromatic carbocycles. The van der Waals surface area contributed by atoms with Crippen LogP contribution in [0.25, 0.3) is 10.6 Å². The van der Waals surface area contributed by atoms with Gasteiger partial charge >= 0.3 is 0 Å². The van der Waals surface area contributed by atoms with E-state index >= 15 is 0 Å². The van der Waals surface area contributed by atoms with Crippen LogP contribution in [0.3, 0.4) is 0 Å². The monoisotopic (exact) mass is 435 g/mol. The minimum absolute atomic E-state index is 0.107. The van der Waals surface area contributed by atoms with E-state index in [2.05, 4.69) is 39.3 Å². The van der Waals surface area contributed by atoms with Crippen LogP contribution in [0, 0.1) is 6.92 Å². The van der Waals surface area contributed by atoms with Gasteiger partial charge in [-0.05, 0) is 65.7 Å². The first kappa shape index (κ1) is 22.0. The maximum absolute atomic E-state index is 12.6. The Bertz CT molecular complexity index is 832. The third-order valence-corrected chi connectivity index (χ3v) is 6.15. The van der Waals surface area contributed by atoms with Gasteiger partial charge in [-0.3, -0.25) is 4.79 Å². The van der Waals surface area contributed by atoms with Crippen LogP contribution in [0.5, 0.6) is 0 Å². The molecule has 1 aliphatic heterocycles. The number of likely N-dealkylation sites (tertiary alicyclic amines) is 1. The highest BCUT2D eigenvalue weighted by Gasteiger charge is 2.19. The van der Waals surface area contributed by atoms with Crippen molar-refractivity contribution in [1.29, 1.82) is 0 Å². The van der Waals surface area contributed by atoms with Crippen LogP contribution < -0.4 is 10.6 Å². The maximum atomic E-state index is 12.6. The largest absolute Gasteiger partial charge is 0.382 e. The van der Waals surface area contributed by atoms with Crippen molar-refractivity contribution in [3.05, 3.63) is 28.0 Å². The number of pyridine rings is 1. The van der Waals surface area contributed by atoms with E-state index in [-0.39, 0.29) is 11.9 Å². The van der Waals surface area contributed by atoms with Gasteiger partial charge in [0.2, 0.25) is 0 Å². The molecule has 0 aliphatic carbocycles. The van der Waals surface area contributed by atoms with E-state index in [0.29, 0.717) is 17.4 Å². The summed E-state index contributed by atoms with van der Waals surface area (Å²) in [4.78, 5) is 24.9. The summed E-state index contributed by atoms with van der Waals surface area (Å²) in [5, 5.41) is 7.61. The normalized spacial score (nSPS) is 14.9. The van der Waals surface area contributed by atoms with Crippen molar-refractivity contribution in [3.8, 4) is 10.6 Å². The van der Waals surface area contributed by atoms with Gasteiger partial charge in [0.05, 0.1) is 5.56 Å². The second-order valence-corrected chi connectivity index (χ2v) is 9.38. The smallest absolute Gasteiger partial charge is 0.271 e. The quantitative estimate of drug-likeness (QED) is 0.468. The van der Waals surface area contributed by atoms with Crippen LogP contribution in [0.4, 0.5) is 5.69 Å². The first-order chi connectivity index (χ1) is 13.9. The molecule has 0 bridgehead atoms. The Hall–Kier alpha value is -1.70. The Balaban J connectivity index is 1.63. The second kappa shape index (κ2) is 10.4. The zero-order valence-corrected chi connectivity index (χ0v) is 19.0. The zero-order chi connectivity index (χ0) is 20.8. The Morgan fingerprint density at radius 1 is 1.31 bits per heavy atom. The molecule has 29 heavy (non-hydrogen) atoms. The van der Waals surface area contributed by atoms with Gasteiger partial charge in [0.1, 0.15) is 15.9 Å². The molecule has 1 saturated heterocycles. The number of anilines is 1. The van der Waals surface area contributed by atoms with Gasteiger partial charge in [-0.25, -0.2) is 9.97 Å². The summed E-state index contributed by atoms with van der Waals surface area (Å²) < 4.78 is 0. The standard InChI is InChI=1S/C21H30ClN5OS/c1-14(2)25-17-12-18(22)24-13-16(17)21-26-19(15(3)29-21)20(28)23-8-7-11-27-9-5-4-6-10-27/h12-14H,4-11H2,1-3H3,(H,23,28)(H,24,25). The molecule has 2 N–H and O–H groups in total. The summed E-state index contributed by atoms with van der Waals surface area (Å²) in [5.74, 6) is -0.107. The van der Waals surface area contributed by atoms with Gasteiger partial charge in [-0.15, -0.1) is 11.3 Å². The number of piperidine rings is 1. The number of carbonyl (C=O) groups excluding carboxylic acids is 1. The fourth-order valence-corrected chi connectivity index (χ4v) is 4.62.